The van der Waals surface area contributed by atoms with Crippen LogP contribution >= 0.6 is 11.3 Å². The first-order valence-electron chi connectivity index (χ1n) is 6.73. The number of thiophene rings is 1. The van der Waals surface area contributed by atoms with Crippen molar-refractivity contribution >= 4 is 23.2 Å². The topological polar surface area (TPSA) is 66.4 Å². The predicted octanol–water partition coefficient (Wildman–Crippen LogP) is 3.26. The molecule has 110 valence electrons. The van der Waals surface area contributed by atoms with Crippen molar-refractivity contribution in [1.29, 1.82) is 0 Å². The molecule has 0 aliphatic heterocycles. The van der Waals surface area contributed by atoms with Crippen molar-refractivity contribution in [3.8, 4) is 11.1 Å². The fourth-order valence-corrected chi connectivity index (χ4v) is 2.77. The minimum absolute atomic E-state index is 0.151. The molecule has 0 aliphatic carbocycles. The van der Waals surface area contributed by atoms with Crippen LogP contribution in [0.15, 0.2) is 41.8 Å². The van der Waals surface area contributed by atoms with Gasteiger partial charge in [0.15, 0.2) is 0 Å². The van der Waals surface area contributed by atoms with Crippen molar-refractivity contribution in [1.82, 2.24) is 5.32 Å². The zero-order valence-electron chi connectivity index (χ0n) is 11.7. The van der Waals surface area contributed by atoms with E-state index < -0.39 is 11.9 Å². The minimum atomic E-state index is -0.842. The molecule has 0 spiro atoms. The number of hydrogen-bond donors (Lipinski definition) is 2. The van der Waals surface area contributed by atoms with E-state index in [9.17, 15) is 9.59 Å². The van der Waals surface area contributed by atoms with Crippen molar-refractivity contribution in [3.05, 3.63) is 46.7 Å². The van der Waals surface area contributed by atoms with Crippen molar-refractivity contribution in [2.24, 2.45) is 5.92 Å². The van der Waals surface area contributed by atoms with E-state index in [1.54, 1.807) is 6.92 Å². The van der Waals surface area contributed by atoms with E-state index in [1.165, 1.54) is 11.3 Å². The van der Waals surface area contributed by atoms with Crippen LogP contribution in [0.5, 0.6) is 0 Å². The van der Waals surface area contributed by atoms with Crippen LogP contribution in [-0.4, -0.2) is 23.5 Å². The largest absolute Gasteiger partial charge is 0.481 e. The first-order valence-corrected chi connectivity index (χ1v) is 7.61. The summed E-state index contributed by atoms with van der Waals surface area (Å²) in [7, 11) is 0. The number of carbonyl (C=O) groups excluding carboxylic acids is 1. The minimum Gasteiger partial charge on any atom is -0.481 e. The summed E-state index contributed by atoms with van der Waals surface area (Å²) in [6.07, 6.45) is 0.424. The maximum absolute atomic E-state index is 12.2. The third-order valence-corrected chi connectivity index (χ3v) is 4.15. The van der Waals surface area contributed by atoms with Gasteiger partial charge in [-0.2, -0.15) is 0 Å². The van der Waals surface area contributed by atoms with Gasteiger partial charge in [-0.05, 0) is 23.4 Å². The molecule has 21 heavy (non-hydrogen) atoms. The molecule has 0 aliphatic rings. The van der Waals surface area contributed by atoms with Gasteiger partial charge in [0.2, 0.25) is 0 Å². The molecular weight excluding hydrogens is 286 g/mol. The van der Waals surface area contributed by atoms with Crippen LogP contribution in [0.4, 0.5) is 0 Å². The summed E-state index contributed by atoms with van der Waals surface area (Å²) < 4.78 is 0. The van der Waals surface area contributed by atoms with Crippen molar-refractivity contribution in [2.45, 2.75) is 13.3 Å². The first-order chi connectivity index (χ1) is 10.1. The third kappa shape index (κ3) is 3.92. The van der Waals surface area contributed by atoms with E-state index in [-0.39, 0.29) is 5.91 Å². The molecule has 2 rings (SSSR count). The van der Waals surface area contributed by atoms with Crippen molar-refractivity contribution in [2.75, 3.05) is 6.54 Å². The highest BCUT2D eigenvalue weighted by atomic mass is 32.1. The molecule has 5 heteroatoms. The number of carboxylic acids is 1. The molecule has 0 saturated carbocycles. The molecule has 4 nitrogen and oxygen atoms in total. The number of hydrogen-bond acceptors (Lipinski definition) is 3. The average Bonchev–Trinajstić information content (AvgIpc) is 2.97. The van der Waals surface area contributed by atoms with Gasteiger partial charge in [-0.1, -0.05) is 37.3 Å². The van der Waals surface area contributed by atoms with Gasteiger partial charge in [0, 0.05) is 12.1 Å². The highest BCUT2D eigenvalue weighted by Crippen LogP contribution is 2.27. The fourth-order valence-electron chi connectivity index (χ4n) is 1.94. The first kappa shape index (κ1) is 15.3. The van der Waals surface area contributed by atoms with Gasteiger partial charge in [0.05, 0.1) is 10.8 Å². The maximum Gasteiger partial charge on any atom is 0.306 e. The zero-order chi connectivity index (χ0) is 15.2. The summed E-state index contributed by atoms with van der Waals surface area (Å²) in [5.41, 5.74) is 1.91. The number of aliphatic carboxylic acids is 1. The second-order valence-electron chi connectivity index (χ2n) is 4.81. The molecule has 1 aromatic carbocycles. The van der Waals surface area contributed by atoms with Crippen LogP contribution in [-0.2, 0) is 4.79 Å². The predicted molar refractivity (Wildman–Crippen MR) is 83.5 cm³/mol. The summed E-state index contributed by atoms with van der Waals surface area (Å²) in [6, 6.07) is 11.7. The lowest BCUT2D eigenvalue weighted by Gasteiger charge is -2.08. The van der Waals surface area contributed by atoms with E-state index >= 15 is 0 Å². The van der Waals surface area contributed by atoms with Crippen LogP contribution in [0, 0.1) is 5.92 Å². The van der Waals surface area contributed by atoms with Gasteiger partial charge in [-0.25, -0.2) is 0 Å². The monoisotopic (exact) mass is 303 g/mol. The molecule has 2 N–H and O–H groups in total. The Kier molecular flexibility index (Phi) is 5.11. The lowest BCUT2D eigenvalue weighted by atomic mass is 10.1. The number of amides is 1. The average molecular weight is 303 g/mol. The van der Waals surface area contributed by atoms with Gasteiger partial charge in [0.1, 0.15) is 0 Å². The van der Waals surface area contributed by atoms with Gasteiger partial charge in [0.25, 0.3) is 5.91 Å². The number of carboxylic acid groups (broad SMARTS) is 1. The normalized spacial score (nSPS) is 11.9. The van der Waals surface area contributed by atoms with Crippen LogP contribution in [0.3, 0.4) is 0 Å². The van der Waals surface area contributed by atoms with Gasteiger partial charge in [-0.3, -0.25) is 9.59 Å². The Hall–Kier alpha value is -2.14. The van der Waals surface area contributed by atoms with Gasteiger partial charge >= 0.3 is 5.97 Å². The molecule has 1 amide bonds. The van der Waals surface area contributed by atoms with E-state index in [4.69, 9.17) is 5.11 Å². The lowest BCUT2D eigenvalue weighted by molar-refractivity contribution is -0.141. The fraction of sp³-hybridized carbons (Fsp3) is 0.250. The van der Waals surface area contributed by atoms with Crippen LogP contribution in [0.25, 0.3) is 11.1 Å². The van der Waals surface area contributed by atoms with E-state index in [0.29, 0.717) is 17.8 Å². The number of carbonyl (C=O) groups is 2. The second-order valence-corrected chi connectivity index (χ2v) is 5.73. The maximum atomic E-state index is 12.2. The summed E-state index contributed by atoms with van der Waals surface area (Å²) in [5.74, 6) is -1.45. The Morgan fingerprint density at radius 3 is 2.62 bits per heavy atom. The molecule has 1 unspecified atom stereocenters. The molecule has 1 aromatic heterocycles. The Bertz CT molecular complexity index is 621. The molecule has 2 aromatic rings. The quantitative estimate of drug-likeness (QED) is 0.861. The Labute approximate surface area is 127 Å². The van der Waals surface area contributed by atoms with E-state index in [0.717, 1.165) is 11.1 Å². The molecule has 0 fully saturated rings. The standard InChI is InChI=1S/C16H17NO3S/c1-11(16(19)20)7-9-17-15(18)14-13(8-10-21-14)12-5-3-2-4-6-12/h2-6,8,10-11H,7,9H2,1H3,(H,17,18)(H,19,20). The van der Waals surface area contributed by atoms with Gasteiger partial charge in [-0.15, -0.1) is 11.3 Å². The summed E-state index contributed by atoms with van der Waals surface area (Å²) in [4.78, 5) is 23.6. The molecule has 0 radical (unpaired) electrons. The number of benzene rings is 1. The zero-order valence-corrected chi connectivity index (χ0v) is 12.5. The third-order valence-electron chi connectivity index (χ3n) is 3.24. The Balaban J connectivity index is 2.01. The van der Waals surface area contributed by atoms with Crippen LogP contribution < -0.4 is 5.32 Å². The molecular formula is C16H17NO3S. The van der Waals surface area contributed by atoms with Crippen LogP contribution in [0.1, 0.15) is 23.0 Å². The number of rotatable bonds is 6. The van der Waals surface area contributed by atoms with Crippen molar-refractivity contribution in [3.63, 3.8) is 0 Å². The lowest BCUT2D eigenvalue weighted by Crippen LogP contribution is -2.26. The van der Waals surface area contributed by atoms with E-state index in [1.807, 2.05) is 41.8 Å². The molecule has 0 bridgehead atoms. The Morgan fingerprint density at radius 2 is 1.95 bits per heavy atom. The molecule has 1 heterocycles. The van der Waals surface area contributed by atoms with Crippen molar-refractivity contribution < 1.29 is 14.7 Å². The van der Waals surface area contributed by atoms with E-state index in [2.05, 4.69) is 5.32 Å². The summed E-state index contributed by atoms with van der Waals surface area (Å²) in [5, 5.41) is 13.5. The number of nitrogens with one attached hydrogen (secondary N) is 1. The smallest absolute Gasteiger partial charge is 0.306 e. The highest BCUT2D eigenvalue weighted by molar-refractivity contribution is 7.12. The summed E-state index contributed by atoms with van der Waals surface area (Å²) in [6.45, 7) is 1.99. The Morgan fingerprint density at radius 1 is 1.24 bits per heavy atom. The SMILES string of the molecule is CC(CCNC(=O)c1sccc1-c1ccccc1)C(=O)O. The van der Waals surface area contributed by atoms with Crippen LogP contribution in [0.2, 0.25) is 0 Å². The van der Waals surface area contributed by atoms with Gasteiger partial charge < -0.3 is 10.4 Å². The highest BCUT2D eigenvalue weighted by Gasteiger charge is 2.15. The summed E-state index contributed by atoms with van der Waals surface area (Å²) >= 11 is 1.39. The second kappa shape index (κ2) is 7.04. The molecule has 1 atom stereocenters. The molecule has 0 saturated heterocycles.